The zero-order chi connectivity index (χ0) is 16.4. The van der Waals surface area contributed by atoms with Gasteiger partial charge in [-0.15, -0.1) is 0 Å². The molecule has 2 amide bonds. The van der Waals surface area contributed by atoms with E-state index in [0.29, 0.717) is 5.69 Å². The highest BCUT2D eigenvalue weighted by molar-refractivity contribution is 6.23. The van der Waals surface area contributed by atoms with Gasteiger partial charge in [0.05, 0.1) is 19.2 Å². The number of aryl methyl sites for hydroxylation is 1. The first-order chi connectivity index (χ1) is 11.1. The average molecular weight is 310 g/mol. The van der Waals surface area contributed by atoms with E-state index in [9.17, 15) is 9.59 Å². The van der Waals surface area contributed by atoms with E-state index in [-0.39, 0.29) is 18.2 Å². The fourth-order valence-corrected chi connectivity index (χ4v) is 2.60. The van der Waals surface area contributed by atoms with Crippen molar-refractivity contribution in [2.75, 3.05) is 17.3 Å². The van der Waals surface area contributed by atoms with E-state index >= 15 is 0 Å². The average Bonchev–Trinajstić information content (AvgIpc) is 2.83. The summed E-state index contributed by atoms with van der Waals surface area (Å²) in [5.41, 5.74) is 2.48. The summed E-state index contributed by atoms with van der Waals surface area (Å²) in [7, 11) is 1.60. The minimum Gasteiger partial charge on any atom is -0.497 e. The highest BCUT2D eigenvalue weighted by Gasteiger charge is 2.39. The third-order valence-corrected chi connectivity index (χ3v) is 3.87. The molecule has 0 radical (unpaired) electrons. The Hall–Kier alpha value is -2.82. The Kier molecular flexibility index (Phi) is 4.02. The van der Waals surface area contributed by atoms with Gasteiger partial charge in [0, 0.05) is 5.69 Å². The van der Waals surface area contributed by atoms with E-state index in [4.69, 9.17) is 4.74 Å². The monoisotopic (exact) mass is 310 g/mol. The lowest BCUT2D eigenvalue weighted by atomic mass is 10.2. The fourth-order valence-electron chi connectivity index (χ4n) is 2.60. The molecule has 1 saturated heterocycles. The summed E-state index contributed by atoms with van der Waals surface area (Å²) in [6, 6.07) is 14.1. The summed E-state index contributed by atoms with van der Waals surface area (Å²) in [4.78, 5) is 26.0. The number of imide groups is 1. The predicted octanol–water partition coefficient (Wildman–Crippen LogP) is 2.75. The molecule has 1 aliphatic rings. The van der Waals surface area contributed by atoms with Gasteiger partial charge in [-0.3, -0.25) is 9.59 Å². The number of rotatable bonds is 4. The molecule has 3 rings (SSSR count). The van der Waals surface area contributed by atoms with E-state index < -0.39 is 6.04 Å². The number of nitrogens with one attached hydrogen (secondary N) is 1. The lowest BCUT2D eigenvalue weighted by molar-refractivity contribution is -0.121. The van der Waals surface area contributed by atoms with Crippen LogP contribution in [0, 0.1) is 6.92 Å². The van der Waals surface area contributed by atoms with Crippen molar-refractivity contribution >= 4 is 23.2 Å². The molecule has 0 spiro atoms. The van der Waals surface area contributed by atoms with Crippen LogP contribution in [-0.2, 0) is 9.59 Å². The summed E-state index contributed by atoms with van der Waals surface area (Å²) < 4.78 is 5.10. The number of benzene rings is 2. The third kappa shape index (κ3) is 3.04. The van der Waals surface area contributed by atoms with Crippen molar-refractivity contribution in [3.8, 4) is 5.75 Å². The van der Waals surface area contributed by atoms with Crippen LogP contribution in [-0.4, -0.2) is 25.0 Å². The van der Waals surface area contributed by atoms with Gasteiger partial charge >= 0.3 is 0 Å². The lowest BCUT2D eigenvalue weighted by Crippen LogP contribution is -2.34. The number of carbonyl (C=O) groups is 2. The minimum absolute atomic E-state index is 0.152. The quantitative estimate of drug-likeness (QED) is 0.882. The molecule has 23 heavy (non-hydrogen) atoms. The van der Waals surface area contributed by atoms with Crippen LogP contribution in [0.4, 0.5) is 11.4 Å². The molecule has 0 unspecified atom stereocenters. The summed E-state index contributed by atoms with van der Waals surface area (Å²) in [6.07, 6.45) is 0.152. The van der Waals surface area contributed by atoms with Gasteiger partial charge in [-0.25, -0.2) is 4.90 Å². The molecule has 1 aliphatic heterocycles. The standard InChI is InChI=1S/C18H18N2O3/c1-12-3-7-14(8-4-12)20-17(21)11-16(18(20)22)19-13-5-9-15(23-2)10-6-13/h3-10,16,19H,11H2,1-2H3/t16-/m1/s1. The van der Waals surface area contributed by atoms with Crippen molar-refractivity contribution in [2.45, 2.75) is 19.4 Å². The normalized spacial score (nSPS) is 17.5. The maximum atomic E-state index is 12.5. The third-order valence-electron chi connectivity index (χ3n) is 3.87. The largest absolute Gasteiger partial charge is 0.497 e. The maximum Gasteiger partial charge on any atom is 0.256 e. The van der Waals surface area contributed by atoms with Crippen molar-refractivity contribution in [1.82, 2.24) is 0 Å². The molecule has 0 saturated carbocycles. The van der Waals surface area contributed by atoms with Gasteiger partial charge in [-0.1, -0.05) is 17.7 Å². The van der Waals surface area contributed by atoms with Crippen LogP contribution in [0.2, 0.25) is 0 Å². The molecule has 2 aromatic rings. The van der Waals surface area contributed by atoms with Crippen molar-refractivity contribution in [3.63, 3.8) is 0 Å². The highest BCUT2D eigenvalue weighted by atomic mass is 16.5. The van der Waals surface area contributed by atoms with Crippen molar-refractivity contribution in [3.05, 3.63) is 54.1 Å². The first-order valence-corrected chi connectivity index (χ1v) is 7.42. The first kappa shape index (κ1) is 15.1. The fraction of sp³-hybridized carbons (Fsp3) is 0.222. The minimum atomic E-state index is -0.544. The molecule has 0 bridgehead atoms. The Balaban J connectivity index is 1.76. The first-order valence-electron chi connectivity index (χ1n) is 7.42. The Bertz CT molecular complexity index is 723. The lowest BCUT2D eigenvalue weighted by Gasteiger charge is -2.16. The number of amides is 2. The van der Waals surface area contributed by atoms with Crippen LogP contribution in [0.3, 0.4) is 0 Å². The molecule has 0 aliphatic carbocycles. The Labute approximate surface area is 134 Å². The van der Waals surface area contributed by atoms with E-state index in [2.05, 4.69) is 5.32 Å². The molecule has 1 fully saturated rings. The Morgan fingerprint density at radius 3 is 2.30 bits per heavy atom. The Morgan fingerprint density at radius 2 is 1.70 bits per heavy atom. The molecule has 0 aromatic heterocycles. The molecular weight excluding hydrogens is 292 g/mol. The van der Waals surface area contributed by atoms with Crippen molar-refractivity contribution in [1.29, 1.82) is 0 Å². The second-order valence-corrected chi connectivity index (χ2v) is 5.53. The zero-order valence-electron chi connectivity index (χ0n) is 13.1. The summed E-state index contributed by atoms with van der Waals surface area (Å²) in [5, 5.41) is 3.12. The topological polar surface area (TPSA) is 58.6 Å². The SMILES string of the molecule is COc1ccc(N[C@@H]2CC(=O)N(c3ccc(C)cc3)C2=O)cc1. The zero-order valence-corrected chi connectivity index (χ0v) is 13.1. The van der Waals surface area contributed by atoms with E-state index in [1.54, 1.807) is 31.4 Å². The molecule has 118 valence electrons. The van der Waals surface area contributed by atoms with Crippen LogP contribution in [0.5, 0.6) is 5.75 Å². The number of carbonyl (C=O) groups excluding carboxylic acids is 2. The predicted molar refractivity (Wildman–Crippen MR) is 88.7 cm³/mol. The molecule has 1 heterocycles. The Morgan fingerprint density at radius 1 is 1.04 bits per heavy atom. The van der Waals surface area contributed by atoms with Crippen LogP contribution in [0.1, 0.15) is 12.0 Å². The summed E-state index contributed by atoms with van der Waals surface area (Å²) >= 11 is 0. The van der Waals surface area contributed by atoms with Crippen molar-refractivity contribution < 1.29 is 14.3 Å². The van der Waals surface area contributed by atoms with E-state index in [1.807, 2.05) is 31.2 Å². The van der Waals surface area contributed by atoms with Crippen LogP contribution in [0.25, 0.3) is 0 Å². The highest BCUT2D eigenvalue weighted by Crippen LogP contribution is 2.25. The molecule has 5 heteroatoms. The van der Waals surface area contributed by atoms with Crippen molar-refractivity contribution in [2.24, 2.45) is 0 Å². The number of anilines is 2. The van der Waals surface area contributed by atoms with Gasteiger partial charge in [-0.2, -0.15) is 0 Å². The number of ether oxygens (including phenoxy) is 1. The number of hydrogen-bond donors (Lipinski definition) is 1. The van der Waals surface area contributed by atoms with Gasteiger partial charge in [-0.05, 0) is 43.3 Å². The second-order valence-electron chi connectivity index (χ2n) is 5.53. The molecule has 5 nitrogen and oxygen atoms in total. The number of hydrogen-bond acceptors (Lipinski definition) is 4. The van der Waals surface area contributed by atoms with Crippen LogP contribution in [0.15, 0.2) is 48.5 Å². The van der Waals surface area contributed by atoms with E-state index in [1.165, 1.54) is 4.90 Å². The summed E-state index contributed by atoms with van der Waals surface area (Å²) in [5.74, 6) is 0.324. The molecule has 2 aromatic carbocycles. The molecular formula is C18H18N2O3. The van der Waals surface area contributed by atoms with Gasteiger partial charge in [0.1, 0.15) is 11.8 Å². The van der Waals surface area contributed by atoms with Crippen LogP contribution >= 0.6 is 0 Å². The van der Waals surface area contributed by atoms with Gasteiger partial charge in [0.15, 0.2) is 0 Å². The number of nitrogens with zero attached hydrogens (tertiary/aromatic N) is 1. The molecule has 1 N–H and O–H groups in total. The van der Waals surface area contributed by atoms with E-state index in [0.717, 1.165) is 17.0 Å². The smallest absolute Gasteiger partial charge is 0.256 e. The van der Waals surface area contributed by atoms with Gasteiger partial charge in [0.2, 0.25) is 5.91 Å². The maximum absolute atomic E-state index is 12.5. The van der Waals surface area contributed by atoms with Gasteiger partial charge in [0.25, 0.3) is 5.91 Å². The summed E-state index contributed by atoms with van der Waals surface area (Å²) in [6.45, 7) is 1.96. The molecule has 1 atom stereocenters. The van der Waals surface area contributed by atoms with Crippen LogP contribution < -0.4 is 15.0 Å². The number of methoxy groups -OCH3 is 1. The van der Waals surface area contributed by atoms with Gasteiger partial charge < -0.3 is 10.1 Å². The second kappa shape index (κ2) is 6.12.